The number of anilines is 1. The van der Waals surface area contributed by atoms with Gasteiger partial charge in [-0.15, -0.1) is 0 Å². The normalized spacial score (nSPS) is 20.8. The fourth-order valence-electron chi connectivity index (χ4n) is 2.72. The van der Waals surface area contributed by atoms with Crippen LogP contribution in [0, 0.1) is 10.1 Å². The summed E-state index contributed by atoms with van der Waals surface area (Å²) in [5, 5.41) is 15.9. The minimum absolute atomic E-state index is 0.0469. The van der Waals surface area contributed by atoms with Gasteiger partial charge in [0.15, 0.2) is 0 Å². The molecule has 0 aromatic heterocycles. The Kier molecular flexibility index (Phi) is 6.18. The van der Waals surface area contributed by atoms with Crippen LogP contribution >= 0.6 is 0 Å². The second-order valence-corrected chi connectivity index (χ2v) is 5.78. The molecule has 2 atom stereocenters. The number of benzene rings is 1. The van der Waals surface area contributed by atoms with Crippen LogP contribution in [0.1, 0.15) is 25.7 Å². The second-order valence-electron chi connectivity index (χ2n) is 5.78. The molecule has 2 N–H and O–H groups in total. The monoisotopic (exact) mass is 361 g/mol. The van der Waals surface area contributed by atoms with Crippen LogP contribution in [0.4, 0.5) is 29.3 Å². The number of ether oxygens (including phenoxy) is 1. The van der Waals surface area contributed by atoms with Crippen molar-refractivity contribution in [2.24, 2.45) is 0 Å². The fraction of sp³-hybridized carbons (Fsp3) is 0.533. The molecular weight excluding hydrogens is 343 g/mol. The summed E-state index contributed by atoms with van der Waals surface area (Å²) in [6.45, 7) is -1.31. The number of nitrogens with zero attached hydrogens (tertiary/aromatic N) is 1. The lowest BCUT2D eigenvalue weighted by atomic mass is 9.93. The lowest BCUT2D eigenvalue weighted by Gasteiger charge is -2.30. The summed E-state index contributed by atoms with van der Waals surface area (Å²) in [4.78, 5) is 22.3. The first-order valence-electron chi connectivity index (χ1n) is 7.74. The van der Waals surface area contributed by atoms with Crippen LogP contribution in [-0.2, 0) is 4.74 Å². The number of amides is 2. The Morgan fingerprint density at radius 1 is 1.32 bits per heavy atom. The highest BCUT2D eigenvalue weighted by Crippen LogP contribution is 2.25. The molecule has 7 nitrogen and oxygen atoms in total. The number of alkyl halides is 3. The second kappa shape index (κ2) is 8.15. The number of halogens is 3. The van der Waals surface area contributed by atoms with Crippen LogP contribution in [0.2, 0.25) is 0 Å². The molecule has 0 heterocycles. The van der Waals surface area contributed by atoms with E-state index in [0.717, 1.165) is 0 Å². The van der Waals surface area contributed by atoms with Crippen molar-refractivity contribution in [2.45, 2.75) is 44.0 Å². The van der Waals surface area contributed by atoms with Gasteiger partial charge in [-0.2, -0.15) is 13.2 Å². The molecule has 1 aliphatic rings. The third-order valence-electron chi connectivity index (χ3n) is 3.79. The van der Waals surface area contributed by atoms with Crippen molar-refractivity contribution in [3.63, 3.8) is 0 Å². The highest BCUT2D eigenvalue weighted by molar-refractivity contribution is 5.91. The third kappa shape index (κ3) is 6.22. The summed E-state index contributed by atoms with van der Waals surface area (Å²) >= 11 is 0. The van der Waals surface area contributed by atoms with E-state index in [2.05, 4.69) is 10.6 Å². The van der Waals surface area contributed by atoms with Crippen LogP contribution in [0.25, 0.3) is 0 Å². The molecule has 0 unspecified atom stereocenters. The largest absolute Gasteiger partial charge is 0.411 e. The van der Waals surface area contributed by atoms with Gasteiger partial charge in [-0.1, -0.05) is 12.1 Å². The van der Waals surface area contributed by atoms with Gasteiger partial charge in [-0.25, -0.2) is 4.79 Å². The zero-order valence-electron chi connectivity index (χ0n) is 13.2. The van der Waals surface area contributed by atoms with Crippen molar-refractivity contribution in [1.82, 2.24) is 5.32 Å². The Balaban J connectivity index is 1.87. The summed E-state index contributed by atoms with van der Waals surface area (Å²) < 4.78 is 41.5. The number of nitro benzene ring substituents is 1. The van der Waals surface area contributed by atoms with E-state index in [9.17, 15) is 28.1 Å². The summed E-state index contributed by atoms with van der Waals surface area (Å²) in [6.07, 6.45) is -2.97. The molecular formula is C15H18F3N3O4. The highest BCUT2D eigenvalue weighted by atomic mass is 19.4. The van der Waals surface area contributed by atoms with Crippen LogP contribution < -0.4 is 10.6 Å². The molecule has 0 bridgehead atoms. The number of hydrogen-bond acceptors (Lipinski definition) is 4. The van der Waals surface area contributed by atoms with Gasteiger partial charge in [0.25, 0.3) is 5.69 Å². The molecule has 138 valence electrons. The van der Waals surface area contributed by atoms with Gasteiger partial charge >= 0.3 is 12.2 Å². The number of para-hydroxylation sites is 2. The van der Waals surface area contributed by atoms with E-state index in [4.69, 9.17) is 4.74 Å². The Morgan fingerprint density at radius 2 is 2.04 bits per heavy atom. The zero-order chi connectivity index (χ0) is 18.4. The first kappa shape index (κ1) is 19.0. The fourth-order valence-corrected chi connectivity index (χ4v) is 2.72. The molecule has 1 fully saturated rings. The first-order valence-corrected chi connectivity index (χ1v) is 7.74. The average Bonchev–Trinajstić information content (AvgIpc) is 2.53. The van der Waals surface area contributed by atoms with Gasteiger partial charge in [-0.05, 0) is 31.7 Å². The predicted octanol–water partition coefficient (Wildman–Crippen LogP) is 3.61. The molecule has 2 rings (SSSR count). The summed E-state index contributed by atoms with van der Waals surface area (Å²) in [6, 6.07) is 4.69. The lowest BCUT2D eigenvalue weighted by molar-refractivity contribution is -0.383. The van der Waals surface area contributed by atoms with Crippen LogP contribution in [-0.4, -0.2) is 35.9 Å². The molecule has 2 amide bonds. The van der Waals surface area contributed by atoms with E-state index >= 15 is 0 Å². The van der Waals surface area contributed by atoms with E-state index in [1.165, 1.54) is 18.2 Å². The Morgan fingerprint density at radius 3 is 2.72 bits per heavy atom. The first-order chi connectivity index (χ1) is 11.7. The summed E-state index contributed by atoms with van der Waals surface area (Å²) in [5.74, 6) is 0. The van der Waals surface area contributed by atoms with Crippen molar-refractivity contribution in [1.29, 1.82) is 0 Å². The number of hydrogen-bond donors (Lipinski definition) is 2. The quantitative estimate of drug-likeness (QED) is 0.619. The molecule has 1 aliphatic carbocycles. The van der Waals surface area contributed by atoms with Crippen LogP contribution in [0.3, 0.4) is 0 Å². The maximum Gasteiger partial charge on any atom is 0.411 e. The third-order valence-corrected chi connectivity index (χ3v) is 3.79. The van der Waals surface area contributed by atoms with Crippen molar-refractivity contribution in [2.75, 3.05) is 11.9 Å². The number of nitro groups is 1. The van der Waals surface area contributed by atoms with Crippen LogP contribution in [0.5, 0.6) is 0 Å². The van der Waals surface area contributed by atoms with E-state index in [0.29, 0.717) is 19.3 Å². The topological polar surface area (TPSA) is 93.5 Å². The van der Waals surface area contributed by atoms with Crippen molar-refractivity contribution in [3.05, 3.63) is 34.4 Å². The number of rotatable bonds is 5. The number of urea groups is 1. The van der Waals surface area contributed by atoms with Gasteiger partial charge in [-0.3, -0.25) is 10.1 Å². The molecule has 0 saturated heterocycles. The van der Waals surface area contributed by atoms with Crippen molar-refractivity contribution < 1.29 is 27.6 Å². The summed E-state index contributed by atoms with van der Waals surface area (Å²) in [7, 11) is 0. The number of nitrogens with one attached hydrogen (secondary N) is 2. The van der Waals surface area contributed by atoms with Gasteiger partial charge < -0.3 is 15.4 Å². The SMILES string of the molecule is O=C(Nc1ccccc1[N+](=O)[O-])N[C@H]1CCC[C@@H](OCC(F)(F)F)C1. The van der Waals surface area contributed by atoms with E-state index in [1.807, 2.05) is 0 Å². The molecule has 1 saturated carbocycles. The molecule has 1 aromatic carbocycles. The van der Waals surface area contributed by atoms with E-state index in [1.54, 1.807) is 6.07 Å². The molecule has 0 radical (unpaired) electrons. The molecule has 25 heavy (non-hydrogen) atoms. The highest BCUT2D eigenvalue weighted by Gasteiger charge is 2.31. The number of carbonyl (C=O) groups is 1. The van der Waals surface area contributed by atoms with Gasteiger partial charge in [0.2, 0.25) is 0 Å². The lowest BCUT2D eigenvalue weighted by Crippen LogP contribution is -2.43. The Hall–Kier alpha value is -2.36. The molecule has 10 heteroatoms. The smallest absolute Gasteiger partial charge is 0.369 e. The van der Waals surface area contributed by atoms with E-state index in [-0.39, 0.29) is 23.8 Å². The maximum atomic E-state index is 12.2. The van der Waals surface area contributed by atoms with Crippen molar-refractivity contribution >= 4 is 17.4 Å². The molecule has 1 aromatic rings. The Labute approximate surface area is 141 Å². The standard InChI is InChI=1S/C15H18F3N3O4/c16-15(17,18)9-25-11-5-3-4-10(8-11)19-14(22)20-12-6-1-2-7-13(12)21(23)24/h1-2,6-7,10-11H,3-5,8-9H2,(H2,19,20,22)/t10-,11+/m0/s1. The number of carbonyl (C=O) groups excluding carboxylic acids is 1. The molecule has 0 aliphatic heterocycles. The summed E-state index contributed by atoms with van der Waals surface area (Å²) in [5.41, 5.74) is -0.196. The van der Waals surface area contributed by atoms with Gasteiger partial charge in [0.1, 0.15) is 12.3 Å². The minimum Gasteiger partial charge on any atom is -0.369 e. The van der Waals surface area contributed by atoms with Gasteiger partial charge in [0.05, 0.1) is 11.0 Å². The van der Waals surface area contributed by atoms with E-state index < -0.39 is 29.8 Å². The minimum atomic E-state index is -4.38. The zero-order valence-corrected chi connectivity index (χ0v) is 13.2. The van der Waals surface area contributed by atoms with Crippen LogP contribution in [0.15, 0.2) is 24.3 Å². The van der Waals surface area contributed by atoms with Gasteiger partial charge in [0, 0.05) is 12.1 Å². The Bertz CT molecular complexity index is 624. The maximum absolute atomic E-state index is 12.2. The molecule has 0 spiro atoms. The predicted molar refractivity (Wildman–Crippen MR) is 83.3 cm³/mol. The van der Waals surface area contributed by atoms with Crippen molar-refractivity contribution in [3.8, 4) is 0 Å². The average molecular weight is 361 g/mol.